The van der Waals surface area contributed by atoms with Crippen molar-refractivity contribution in [2.75, 3.05) is 12.4 Å². The zero-order chi connectivity index (χ0) is 29.2. The molecule has 0 spiro atoms. The predicted octanol–water partition coefficient (Wildman–Crippen LogP) is 6.70. The van der Waals surface area contributed by atoms with Crippen molar-refractivity contribution < 1.29 is 28.9 Å². The largest absolute Gasteiger partial charge is 0.493 e. The van der Waals surface area contributed by atoms with Gasteiger partial charge in [0.25, 0.3) is 5.91 Å². The molecule has 0 radical (unpaired) electrons. The number of anilines is 1. The first-order valence-electron chi connectivity index (χ1n) is 12.4. The van der Waals surface area contributed by atoms with Crippen molar-refractivity contribution in [1.82, 2.24) is 0 Å². The highest BCUT2D eigenvalue weighted by Crippen LogP contribution is 2.35. The topological polar surface area (TPSA) is 118 Å². The first-order chi connectivity index (χ1) is 19.9. The summed E-state index contributed by atoms with van der Waals surface area (Å²) >= 11 is 2.09. The molecule has 0 saturated carbocycles. The van der Waals surface area contributed by atoms with Crippen LogP contribution in [-0.4, -0.2) is 24.1 Å². The van der Waals surface area contributed by atoms with Gasteiger partial charge in [0, 0.05) is 5.69 Å². The lowest BCUT2D eigenvalue weighted by molar-refractivity contribution is -0.112. The summed E-state index contributed by atoms with van der Waals surface area (Å²) in [6.07, 6.45) is 1.48. The van der Waals surface area contributed by atoms with Crippen molar-refractivity contribution in [3.8, 4) is 23.3 Å². The third-order valence-electron chi connectivity index (χ3n) is 5.87. The molecule has 4 aromatic rings. The average Bonchev–Trinajstić information content (AvgIpc) is 2.99. The number of rotatable bonds is 11. The Bertz CT molecular complexity index is 1590. The Labute approximate surface area is 250 Å². The van der Waals surface area contributed by atoms with Crippen LogP contribution in [0.25, 0.3) is 6.08 Å². The van der Waals surface area contributed by atoms with Gasteiger partial charge in [-0.05, 0) is 93.9 Å². The highest BCUT2D eigenvalue weighted by atomic mass is 127. The fraction of sp³-hybridized carbons (Fsp3) is 0.0938. The fourth-order valence-corrected chi connectivity index (χ4v) is 4.53. The minimum Gasteiger partial charge on any atom is -0.493 e. The summed E-state index contributed by atoms with van der Waals surface area (Å²) in [5.41, 5.74) is 3.05. The Balaban J connectivity index is 1.41. The third kappa shape index (κ3) is 8.09. The van der Waals surface area contributed by atoms with Gasteiger partial charge in [-0.15, -0.1) is 0 Å². The van der Waals surface area contributed by atoms with Crippen LogP contribution < -0.4 is 19.5 Å². The Kier molecular flexibility index (Phi) is 9.96. The number of hydrogen-bond acceptors (Lipinski definition) is 6. The molecule has 0 bridgehead atoms. The second-order valence-electron chi connectivity index (χ2n) is 8.75. The molecule has 1 amide bonds. The quantitative estimate of drug-likeness (QED) is 0.104. The van der Waals surface area contributed by atoms with Gasteiger partial charge >= 0.3 is 5.97 Å². The number of ether oxygens (including phenoxy) is 3. The molecular weight excluding hydrogens is 635 g/mol. The van der Waals surface area contributed by atoms with Gasteiger partial charge in [0.05, 0.1) is 16.2 Å². The van der Waals surface area contributed by atoms with Gasteiger partial charge in [-0.2, -0.15) is 5.26 Å². The van der Waals surface area contributed by atoms with Gasteiger partial charge in [-0.25, -0.2) is 4.79 Å². The molecule has 4 aromatic carbocycles. The molecule has 0 fully saturated rings. The Hall–Kier alpha value is -4.82. The summed E-state index contributed by atoms with van der Waals surface area (Å²) in [6, 6.07) is 28.5. The van der Waals surface area contributed by atoms with Gasteiger partial charge in [-0.1, -0.05) is 42.5 Å². The molecule has 2 N–H and O–H groups in total. The number of nitrogens with one attached hydrogen (secondary N) is 1. The smallest absolute Gasteiger partial charge is 0.335 e. The van der Waals surface area contributed by atoms with Crippen LogP contribution in [0.1, 0.15) is 27.0 Å². The molecule has 41 heavy (non-hydrogen) atoms. The van der Waals surface area contributed by atoms with Crippen molar-refractivity contribution in [3.05, 3.63) is 122 Å². The van der Waals surface area contributed by atoms with E-state index in [0.29, 0.717) is 38.7 Å². The van der Waals surface area contributed by atoms with E-state index in [1.807, 2.05) is 36.4 Å². The van der Waals surface area contributed by atoms with E-state index < -0.39 is 11.9 Å². The molecule has 0 aromatic heterocycles. The van der Waals surface area contributed by atoms with Crippen LogP contribution in [0.15, 0.2) is 96.6 Å². The lowest BCUT2D eigenvalue weighted by atomic mass is 10.1. The second-order valence-corrected chi connectivity index (χ2v) is 9.91. The van der Waals surface area contributed by atoms with E-state index in [9.17, 15) is 14.9 Å². The first kappa shape index (κ1) is 29.2. The molecular formula is C32H25IN2O6. The number of halogens is 1. The summed E-state index contributed by atoms with van der Waals surface area (Å²) in [7, 11) is 1.50. The molecule has 8 nitrogen and oxygen atoms in total. The number of carboxylic acids is 1. The van der Waals surface area contributed by atoms with Gasteiger partial charge in [0.15, 0.2) is 11.5 Å². The normalized spacial score (nSPS) is 10.8. The van der Waals surface area contributed by atoms with E-state index >= 15 is 0 Å². The van der Waals surface area contributed by atoms with Gasteiger partial charge in [0.2, 0.25) is 0 Å². The van der Waals surface area contributed by atoms with Crippen LogP contribution in [-0.2, 0) is 18.0 Å². The molecule has 0 saturated heterocycles. The molecule has 0 unspecified atom stereocenters. The number of carbonyl (C=O) groups excluding carboxylic acids is 1. The molecule has 0 aliphatic heterocycles. The van der Waals surface area contributed by atoms with E-state index in [1.54, 1.807) is 48.5 Å². The minimum atomic E-state index is -0.996. The Morgan fingerprint density at radius 1 is 0.927 bits per heavy atom. The van der Waals surface area contributed by atoms with Crippen molar-refractivity contribution in [2.24, 2.45) is 0 Å². The van der Waals surface area contributed by atoms with Crippen LogP contribution in [0.2, 0.25) is 0 Å². The van der Waals surface area contributed by atoms with Crippen molar-refractivity contribution in [2.45, 2.75) is 13.2 Å². The maximum absolute atomic E-state index is 12.8. The average molecular weight is 660 g/mol. The summed E-state index contributed by atoms with van der Waals surface area (Å²) in [5, 5.41) is 21.5. The molecule has 0 aliphatic rings. The summed E-state index contributed by atoms with van der Waals surface area (Å²) in [6.45, 7) is 0.628. The third-order valence-corrected chi connectivity index (χ3v) is 6.67. The minimum absolute atomic E-state index is 0.0838. The number of hydrogen-bond donors (Lipinski definition) is 2. The van der Waals surface area contributed by atoms with E-state index in [4.69, 9.17) is 19.3 Å². The molecule has 4 rings (SSSR count). The number of aromatic carboxylic acids is 1. The lowest BCUT2D eigenvalue weighted by Gasteiger charge is -2.14. The van der Waals surface area contributed by atoms with Crippen molar-refractivity contribution >= 4 is 46.2 Å². The van der Waals surface area contributed by atoms with Crippen LogP contribution in [0.3, 0.4) is 0 Å². The maximum atomic E-state index is 12.8. The highest BCUT2D eigenvalue weighted by molar-refractivity contribution is 14.1. The lowest BCUT2D eigenvalue weighted by Crippen LogP contribution is -2.13. The number of methoxy groups -OCH3 is 1. The van der Waals surface area contributed by atoms with Crippen molar-refractivity contribution in [3.63, 3.8) is 0 Å². The number of carbonyl (C=O) groups is 2. The van der Waals surface area contributed by atoms with E-state index in [0.717, 1.165) is 11.1 Å². The van der Waals surface area contributed by atoms with Gasteiger partial charge < -0.3 is 24.6 Å². The zero-order valence-corrected chi connectivity index (χ0v) is 24.1. The number of benzene rings is 4. The summed E-state index contributed by atoms with van der Waals surface area (Å²) in [4.78, 5) is 23.9. The van der Waals surface area contributed by atoms with Gasteiger partial charge in [0.1, 0.15) is 30.6 Å². The summed E-state index contributed by atoms with van der Waals surface area (Å²) in [5.74, 6) is 0.0256. The SMILES string of the molecule is COc1cc(/C=C(\C#N)C(=O)Nc2ccc(OCc3ccccc3)cc2)cc(I)c1OCc1ccc(C(=O)O)cc1. The van der Waals surface area contributed by atoms with E-state index in [-0.39, 0.29) is 17.7 Å². The van der Waals surface area contributed by atoms with Crippen molar-refractivity contribution in [1.29, 1.82) is 5.26 Å². The highest BCUT2D eigenvalue weighted by Gasteiger charge is 2.15. The van der Waals surface area contributed by atoms with E-state index in [1.165, 1.54) is 25.3 Å². The fourth-order valence-electron chi connectivity index (χ4n) is 3.75. The molecule has 206 valence electrons. The maximum Gasteiger partial charge on any atom is 0.335 e. The van der Waals surface area contributed by atoms with Crippen LogP contribution >= 0.6 is 22.6 Å². The number of amides is 1. The standard InChI is InChI=1S/C32H25IN2O6/c1-39-29-17-23(16-28(33)30(29)41-20-22-7-9-24(10-8-22)32(37)38)15-25(18-34)31(36)35-26-11-13-27(14-12-26)40-19-21-5-3-2-4-6-21/h2-17H,19-20H2,1H3,(H,35,36)(H,37,38)/b25-15+. The second kappa shape index (κ2) is 14.0. The Morgan fingerprint density at radius 3 is 2.22 bits per heavy atom. The first-order valence-corrected chi connectivity index (χ1v) is 13.5. The van der Waals surface area contributed by atoms with Crippen LogP contribution in [0.4, 0.5) is 5.69 Å². The number of carboxylic acid groups (broad SMARTS) is 1. The monoisotopic (exact) mass is 660 g/mol. The van der Waals surface area contributed by atoms with Gasteiger partial charge in [-0.3, -0.25) is 4.79 Å². The van der Waals surface area contributed by atoms with Crippen LogP contribution in [0, 0.1) is 14.9 Å². The Morgan fingerprint density at radius 2 is 1.59 bits per heavy atom. The summed E-state index contributed by atoms with van der Waals surface area (Å²) < 4.78 is 17.9. The number of nitriles is 1. The number of nitrogens with zero attached hydrogens (tertiary/aromatic N) is 1. The predicted molar refractivity (Wildman–Crippen MR) is 163 cm³/mol. The molecule has 9 heteroatoms. The molecule has 0 aliphatic carbocycles. The van der Waals surface area contributed by atoms with E-state index in [2.05, 4.69) is 27.9 Å². The van der Waals surface area contributed by atoms with Crippen LogP contribution in [0.5, 0.6) is 17.2 Å². The zero-order valence-electron chi connectivity index (χ0n) is 22.0. The molecule has 0 atom stereocenters. The molecule has 0 heterocycles.